The standard InChI is InChI=1S/C20H18F2N4O3/c1-2-28-18-10-13(8-9-17(18)29-20(21)22)12-23-26-19(27)16-11-15(24-25-16)14-6-4-3-5-7-14/h3-12,20H,2H2,1H3,(H,24,25)(H,26,27)/b23-12-. The molecule has 0 aliphatic rings. The van der Waals surface area contributed by atoms with Gasteiger partial charge in [0.15, 0.2) is 11.5 Å². The van der Waals surface area contributed by atoms with Gasteiger partial charge in [0.05, 0.1) is 18.5 Å². The van der Waals surface area contributed by atoms with E-state index in [4.69, 9.17) is 4.74 Å². The molecule has 0 unspecified atom stereocenters. The quantitative estimate of drug-likeness (QED) is 0.444. The van der Waals surface area contributed by atoms with Gasteiger partial charge in [-0.2, -0.15) is 19.0 Å². The molecule has 0 fully saturated rings. The Bertz CT molecular complexity index is 990. The van der Waals surface area contributed by atoms with Crippen LogP contribution in [0.3, 0.4) is 0 Å². The van der Waals surface area contributed by atoms with Crippen molar-refractivity contribution in [3.63, 3.8) is 0 Å². The third-order valence-corrected chi connectivity index (χ3v) is 3.76. The second kappa shape index (κ2) is 9.45. The van der Waals surface area contributed by atoms with Crippen molar-refractivity contribution in [1.29, 1.82) is 0 Å². The van der Waals surface area contributed by atoms with Crippen LogP contribution in [-0.4, -0.2) is 35.5 Å². The smallest absolute Gasteiger partial charge is 0.387 e. The van der Waals surface area contributed by atoms with Crippen LogP contribution < -0.4 is 14.9 Å². The molecule has 150 valence electrons. The van der Waals surface area contributed by atoms with Gasteiger partial charge in [0, 0.05) is 5.56 Å². The molecule has 9 heteroatoms. The summed E-state index contributed by atoms with van der Waals surface area (Å²) in [4.78, 5) is 12.2. The molecular formula is C20H18F2N4O3. The van der Waals surface area contributed by atoms with Gasteiger partial charge in [0.1, 0.15) is 5.69 Å². The van der Waals surface area contributed by atoms with Gasteiger partial charge in [-0.25, -0.2) is 5.43 Å². The van der Waals surface area contributed by atoms with Crippen molar-refractivity contribution in [1.82, 2.24) is 15.6 Å². The van der Waals surface area contributed by atoms with Crippen LogP contribution >= 0.6 is 0 Å². The minimum Gasteiger partial charge on any atom is -0.490 e. The fourth-order valence-electron chi connectivity index (χ4n) is 2.49. The van der Waals surface area contributed by atoms with E-state index in [2.05, 4.69) is 25.5 Å². The fourth-order valence-corrected chi connectivity index (χ4v) is 2.49. The zero-order valence-corrected chi connectivity index (χ0v) is 15.4. The lowest BCUT2D eigenvalue weighted by molar-refractivity contribution is -0.0514. The van der Waals surface area contributed by atoms with Crippen LogP contribution in [0.5, 0.6) is 11.5 Å². The summed E-state index contributed by atoms with van der Waals surface area (Å²) < 4.78 is 34.6. The molecule has 3 rings (SSSR count). The predicted octanol–water partition coefficient (Wildman–Crippen LogP) is 3.84. The van der Waals surface area contributed by atoms with Crippen LogP contribution in [0.2, 0.25) is 0 Å². The number of nitrogens with zero attached hydrogens (tertiary/aromatic N) is 2. The fraction of sp³-hybridized carbons (Fsp3) is 0.150. The first-order chi connectivity index (χ1) is 14.1. The van der Waals surface area contributed by atoms with Crippen LogP contribution in [0, 0.1) is 0 Å². The summed E-state index contributed by atoms with van der Waals surface area (Å²) >= 11 is 0. The highest BCUT2D eigenvalue weighted by Gasteiger charge is 2.12. The van der Waals surface area contributed by atoms with E-state index in [9.17, 15) is 13.6 Å². The van der Waals surface area contributed by atoms with Gasteiger partial charge in [-0.15, -0.1) is 0 Å². The van der Waals surface area contributed by atoms with Crippen molar-refractivity contribution in [3.05, 3.63) is 65.9 Å². The number of amides is 1. The largest absolute Gasteiger partial charge is 0.490 e. The van der Waals surface area contributed by atoms with Crippen LogP contribution in [0.15, 0.2) is 59.7 Å². The molecule has 0 bridgehead atoms. The summed E-state index contributed by atoms with van der Waals surface area (Å²) in [6.07, 6.45) is 1.36. The molecule has 3 aromatic rings. The first-order valence-corrected chi connectivity index (χ1v) is 8.72. The number of hydrazone groups is 1. The molecule has 1 aromatic heterocycles. The van der Waals surface area contributed by atoms with Crippen LogP contribution in [0.25, 0.3) is 11.3 Å². The Labute approximate surface area is 165 Å². The Morgan fingerprint density at radius 3 is 2.72 bits per heavy atom. The van der Waals surface area contributed by atoms with Gasteiger partial charge in [0.25, 0.3) is 5.91 Å². The molecular weight excluding hydrogens is 382 g/mol. The molecule has 0 spiro atoms. The first-order valence-electron chi connectivity index (χ1n) is 8.72. The molecule has 2 aromatic carbocycles. The molecule has 0 aliphatic carbocycles. The van der Waals surface area contributed by atoms with Crippen molar-refractivity contribution in [2.45, 2.75) is 13.5 Å². The van der Waals surface area contributed by atoms with Crippen molar-refractivity contribution in [3.8, 4) is 22.8 Å². The lowest BCUT2D eigenvalue weighted by atomic mass is 10.1. The molecule has 0 atom stereocenters. The maximum atomic E-state index is 12.4. The van der Waals surface area contributed by atoms with Gasteiger partial charge in [-0.1, -0.05) is 30.3 Å². The summed E-state index contributed by atoms with van der Waals surface area (Å²) in [5.41, 5.74) is 4.67. The second-order valence-electron chi connectivity index (χ2n) is 5.75. The topological polar surface area (TPSA) is 88.6 Å². The zero-order valence-electron chi connectivity index (χ0n) is 15.4. The summed E-state index contributed by atoms with van der Waals surface area (Å²) in [5.74, 6) is -0.392. The van der Waals surface area contributed by atoms with Crippen molar-refractivity contribution in [2.24, 2.45) is 5.10 Å². The van der Waals surface area contributed by atoms with E-state index in [1.54, 1.807) is 13.0 Å². The Hall–Kier alpha value is -3.75. The van der Waals surface area contributed by atoms with Gasteiger partial charge < -0.3 is 9.47 Å². The highest BCUT2D eigenvalue weighted by atomic mass is 19.3. The van der Waals surface area contributed by atoms with Crippen LogP contribution in [0.4, 0.5) is 8.78 Å². The Kier molecular flexibility index (Phi) is 6.51. The lowest BCUT2D eigenvalue weighted by Gasteiger charge is -2.11. The third kappa shape index (κ3) is 5.38. The molecule has 0 aliphatic heterocycles. The number of nitrogens with one attached hydrogen (secondary N) is 2. The van der Waals surface area contributed by atoms with Crippen molar-refractivity contribution >= 4 is 12.1 Å². The highest BCUT2D eigenvalue weighted by molar-refractivity contribution is 5.94. The molecule has 2 N–H and O–H groups in total. The highest BCUT2D eigenvalue weighted by Crippen LogP contribution is 2.29. The number of carbonyl (C=O) groups excluding carboxylic acids is 1. The molecule has 29 heavy (non-hydrogen) atoms. The maximum Gasteiger partial charge on any atom is 0.387 e. The van der Waals surface area contributed by atoms with Gasteiger partial charge in [0.2, 0.25) is 0 Å². The number of rotatable bonds is 8. The molecule has 0 saturated heterocycles. The Morgan fingerprint density at radius 2 is 2.00 bits per heavy atom. The minimum absolute atomic E-state index is 0.0751. The molecule has 7 nitrogen and oxygen atoms in total. The number of alkyl halides is 2. The average molecular weight is 400 g/mol. The van der Waals surface area contributed by atoms with Gasteiger partial charge in [-0.3, -0.25) is 9.89 Å². The number of benzene rings is 2. The molecule has 1 amide bonds. The number of carbonyl (C=O) groups is 1. The number of halogens is 2. The number of ether oxygens (including phenoxy) is 2. The van der Waals surface area contributed by atoms with Gasteiger partial charge >= 0.3 is 6.61 Å². The summed E-state index contributed by atoms with van der Waals surface area (Å²) in [7, 11) is 0. The summed E-state index contributed by atoms with van der Waals surface area (Å²) in [6, 6.07) is 15.4. The Morgan fingerprint density at radius 1 is 1.21 bits per heavy atom. The number of hydrogen-bond donors (Lipinski definition) is 2. The van der Waals surface area contributed by atoms with E-state index >= 15 is 0 Å². The van der Waals surface area contributed by atoms with Crippen molar-refractivity contribution < 1.29 is 23.0 Å². The van der Waals surface area contributed by atoms with E-state index < -0.39 is 12.5 Å². The van der Waals surface area contributed by atoms with Gasteiger partial charge in [-0.05, 0) is 36.8 Å². The molecule has 1 heterocycles. The van der Waals surface area contributed by atoms with E-state index in [-0.39, 0.29) is 23.8 Å². The van der Waals surface area contributed by atoms with E-state index in [0.717, 1.165) is 5.56 Å². The monoisotopic (exact) mass is 400 g/mol. The second-order valence-corrected chi connectivity index (χ2v) is 5.75. The third-order valence-electron chi connectivity index (χ3n) is 3.76. The predicted molar refractivity (Wildman–Crippen MR) is 103 cm³/mol. The van der Waals surface area contributed by atoms with Crippen LogP contribution in [-0.2, 0) is 0 Å². The lowest BCUT2D eigenvalue weighted by Crippen LogP contribution is -2.18. The zero-order chi connectivity index (χ0) is 20.6. The summed E-state index contributed by atoms with van der Waals surface area (Å²) in [5, 5.41) is 10.6. The number of aromatic amines is 1. The molecule has 0 radical (unpaired) electrons. The first kappa shape index (κ1) is 20.0. The minimum atomic E-state index is -2.96. The number of aromatic nitrogens is 2. The van der Waals surface area contributed by atoms with Crippen LogP contribution in [0.1, 0.15) is 23.0 Å². The van der Waals surface area contributed by atoms with E-state index in [1.807, 2.05) is 30.3 Å². The number of hydrogen-bond acceptors (Lipinski definition) is 5. The maximum absolute atomic E-state index is 12.4. The van der Waals surface area contributed by atoms with Crippen molar-refractivity contribution in [2.75, 3.05) is 6.61 Å². The SMILES string of the molecule is CCOc1cc(/C=N\NC(=O)c2cc(-c3ccccc3)n[nH]2)ccc1OC(F)F. The summed E-state index contributed by atoms with van der Waals surface area (Å²) in [6.45, 7) is -0.954. The normalized spacial score (nSPS) is 11.0. The number of H-pyrrole nitrogens is 1. The molecule has 0 saturated carbocycles. The van der Waals surface area contributed by atoms with E-state index in [1.165, 1.54) is 24.4 Å². The Balaban J connectivity index is 1.65. The average Bonchev–Trinajstić information content (AvgIpc) is 3.21. The van der Waals surface area contributed by atoms with E-state index in [0.29, 0.717) is 11.3 Å².